The van der Waals surface area contributed by atoms with Crippen molar-refractivity contribution in [3.8, 4) is 5.75 Å². The van der Waals surface area contributed by atoms with E-state index < -0.39 is 0 Å². The third-order valence-electron chi connectivity index (χ3n) is 2.77. The Morgan fingerprint density at radius 2 is 1.91 bits per heavy atom. The molecule has 2 aromatic carbocycles. The van der Waals surface area contributed by atoms with Gasteiger partial charge in [-0.1, -0.05) is 23.2 Å². The lowest BCUT2D eigenvalue weighted by Crippen LogP contribution is -2.07. The SMILES string of the molecule is COc1c(Cl)cc(Cl)cc1/C=C/C(=O)Nc1ccc(F)cc1. The summed E-state index contributed by atoms with van der Waals surface area (Å²) in [6.07, 6.45) is 2.85. The standard InChI is InChI=1S/C16H12Cl2FNO2/c1-22-16-10(8-11(17)9-14(16)18)2-7-15(21)20-13-5-3-12(19)4-6-13/h2-9H,1H3,(H,20,21)/b7-2+. The Bertz CT molecular complexity index is 715. The average Bonchev–Trinajstić information content (AvgIpc) is 2.47. The molecular weight excluding hydrogens is 328 g/mol. The summed E-state index contributed by atoms with van der Waals surface area (Å²) >= 11 is 11.9. The van der Waals surface area contributed by atoms with Crippen molar-refractivity contribution in [2.75, 3.05) is 12.4 Å². The summed E-state index contributed by atoms with van der Waals surface area (Å²) in [4.78, 5) is 11.8. The van der Waals surface area contributed by atoms with E-state index in [1.807, 2.05) is 0 Å². The van der Waals surface area contributed by atoms with E-state index in [0.29, 0.717) is 27.0 Å². The molecule has 114 valence electrons. The fourth-order valence-electron chi connectivity index (χ4n) is 1.80. The highest BCUT2D eigenvalue weighted by molar-refractivity contribution is 6.36. The monoisotopic (exact) mass is 339 g/mol. The number of anilines is 1. The van der Waals surface area contributed by atoms with Crippen LogP contribution in [-0.4, -0.2) is 13.0 Å². The van der Waals surface area contributed by atoms with Crippen molar-refractivity contribution in [2.24, 2.45) is 0 Å². The molecule has 0 bridgehead atoms. The van der Waals surface area contributed by atoms with Crippen molar-refractivity contribution in [1.82, 2.24) is 0 Å². The Kier molecular flexibility index (Phi) is 5.41. The fourth-order valence-corrected chi connectivity index (χ4v) is 2.39. The van der Waals surface area contributed by atoms with E-state index in [4.69, 9.17) is 27.9 Å². The van der Waals surface area contributed by atoms with Gasteiger partial charge < -0.3 is 10.1 Å². The number of hydrogen-bond donors (Lipinski definition) is 1. The molecule has 0 aromatic heterocycles. The van der Waals surface area contributed by atoms with Crippen LogP contribution >= 0.6 is 23.2 Å². The summed E-state index contributed by atoms with van der Waals surface area (Å²) in [5.41, 5.74) is 1.07. The van der Waals surface area contributed by atoms with Gasteiger partial charge in [0.1, 0.15) is 11.6 Å². The maximum atomic E-state index is 12.8. The lowest BCUT2D eigenvalue weighted by atomic mass is 10.2. The minimum Gasteiger partial charge on any atom is -0.495 e. The number of nitrogens with one attached hydrogen (secondary N) is 1. The largest absolute Gasteiger partial charge is 0.495 e. The molecule has 2 rings (SSSR count). The minimum absolute atomic E-state index is 0.355. The van der Waals surface area contributed by atoms with E-state index in [-0.39, 0.29) is 11.7 Å². The van der Waals surface area contributed by atoms with Crippen molar-refractivity contribution in [1.29, 1.82) is 0 Å². The predicted molar refractivity (Wildman–Crippen MR) is 87.1 cm³/mol. The molecule has 0 fully saturated rings. The summed E-state index contributed by atoms with van der Waals surface area (Å²) in [5, 5.41) is 3.40. The lowest BCUT2D eigenvalue weighted by Gasteiger charge is -2.08. The van der Waals surface area contributed by atoms with Crippen LogP contribution in [-0.2, 0) is 4.79 Å². The Hall–Kier alpha value is -2.04. The third-order valence-corrected chi connectivity index (χ3v) is 3.27. The second kappa shape index (κ2) is 7.29. The van der Waals surface area contributed by atoms with Gasteiger partial charge in [-0.05, 0) is 42.5 Å². The summed E-state index contributed by atoms with van der Waals surface area (Å²) in [6.45, 7) is 0. The number of amides is 1. The fraction of sp³-hybridized carbons (Fsp3) is 0.0625. The second-order valence-corrected chi connectivity index (χ2v) is 5.18. The molecule has 6 heteroatoms. The topological polar surface area (TPSA) is 38.3 Å². The Morgan fingerprint density at radius 3 is 2.55 bits per heavy atom. The quantitative estimate of drug-likeness (QED) is 0.813. The van der Waals surface area contributed by atoms with Crippen LogP contribution in [0, 0.1) is 5.82 Å². The Labute approximate surface area is 137 Å². The molecule has 3 nitrogen and oxygen atoms in total. The van der Waals surface area contributed by atoms with Crippen LogP contribution in [0.5, 0.6) is 5.75 Å². The van der Waals surface area contributed by atoms with Crippen LogP contribution in [0.4, 0.5) is 10.1 Å². The van der Waals surface area contributed by atoms with Crippen molar-refractivity contribution >= 4 is 40.9 Å². The maximum Gasteiger partial charge on any atom is 0.248 e. The second-order valence-electron chi connectivity index (χ2n) is 4.34. The van der Waals surface area contributed by atoms with Crippen LogP contribution in [0.1, 0.15) is 5.56 Å². The molecular formula is C16H12Cl2FNO2. The highest BCUT2D eigenvalue weighted by Gasteiger charge is 2.08. The molecule has 0 unspecified atom stereocenters. The normalized spacial score (nSPS) is 10.7. The van der Waals surface area contributed by atoms with E-state index in [2.05, 4.69) is 5.32 Å². The van der Waals surface area contributed by atoms with Crippen molar-refractivity contribution in [3.63, 3.8) is 0 Å². The molecule has 0 aliphatic carbocycles. The van der Waals surface area contributed by atoms with Crippen molar-refractivity contribution < 1.29 is 13.9 Å². The van der Waals surface area contributed by atoms with Gasteiger partial charge in [0.25, 0.3) is 0 Å². The predicted octanol–water partition coefficient (Wildman–Crippen LogP) is 4.79. The summed E-state index contributed by atoms with van der Waals surface area (Å²) in [5.74, 6) is -0.312. The molecule has 0 aliphatic rings. The minimum atomic E-state index is -0.371. The van der Waals surface area contributed by atoms with Crippen LogP contribution < -0.4 is 10.1 Å². The number of ether oxygens (including phenoxy) is 1. The molecule has 1 amide bonds. The molecule has 0 heterocycles. The molecule has 0 spiro atoms. The summed E-state index contributed by atoms with van der Waals surface area (Å²) in [7, 11) is 1.48. The van der Waals surface area contributed by atoms with Gasteiger partial charge in [0.2, 0.25) is 5.91 Å². The van der Waals surface area contributed by atoms with Crippen molar-refractivity contribution in [3.05, 3.63) is 63.9 Å². The van der Waals surface area contributed by atoms with Crippen molar-refractivity contribution in [2.45, 2.75) is 0 Å². The average molecular weight is 340 g/mol. The van der Waals surface area contributed by atoms with Gasteiger partial charge >= 0.3 is 0 Å². The molecule has 1 N–H and O–H groups in total. The number of methoxy groups -OCH3 is 1. The van der Waals surface area contributed by atoms with E-state index in [1.165, 1.54) is 43.5 Å². The van der Waals surface area contributed by atoms with Crippen LogP contribution in [0.2, 0.25) is 10.0 Å². The maximum absolute atomic E-state index is 12.8. The number of halogens is 3. The molecule has 2 aromatic rings. The van der Waals surface area contributed by atoms with Crippen LogP contribution in [0.25, 0.3) is 6.08 Å². The van der Waals surface area contributed by atoms with Gasteiger partial charge in [0.15, 0.2) is 0 Å². The summed E-state index contributed by atoms with van der Waals surface area (Å²) < 4.78 is 18.0. The van der Waals surface area contributed by atoms with Gasteiger partial charge in [-0.2, -0.15) is 0 Å². The first-order valence-corrected chi connectivity index (χ1v) is 7.03. The zero-order valence-corrected chi connectivity index (χ0v) is 13.1. The molecule has 0 aliphatic heterocycles. The number of rotatable bonds is 4. The lowest BCUT2D eigenvalue weighted by molar-refractivity contribution is -0.111. The zero-order chi connectivity index (χ0) is 16.1. The first-order chi connectivity index (χ1) is 10.5. The van der Waals surface area contributed by atoms with E-state index in [1.54, 1.807) is 12.1 Å². The number of carbonyl (C=O) groups is 1. The van der Waals surface area contributed by atoms with Crippen LogP contribution in [0.15, 0.2) is 42.5 Å². The first-order valence-electron chi connectivity index (χ1n) is 6.27. The van der Waals surface area contributed by atoms with E-state index >= 15 is 0 Å². The Balaban J connectivity index is 2.14. The molecule has 22 heavy (non-hydrogen) atoms. The Morgan fingerprint density at radius 1 is 1.23 bits per heavy atom. The number of carbonyl (C=O) groups excluding carboxylic acids is 1. The van der Waals surface area contributed by atoms with Gasteiger partial charge in [0, 0.05) is 22.3 Å². The first kappa shape index (κ1) is 16.3. The molecule has 0 atom stereocenters. The highest BCUT2D eigenvalue weighted by Crippen LogP contribution is 2.32. The van der Waals surface area contributed by atoms with E-state index in [9.17, 15) is 9.18 Å². The van der Waals surface area contributed by atoms with E-state index in [0.717, 1.165) is 0 Å². The smallest absolute Gasteiger partial charge is 0.248 e. The van der Waals surface area contributed by atoms with Gasteiger partial charge in [-0.25, -0.2) is 4.39 Å². The van der Waals surface area contributed by atoms with Gasteiger partial charge in [-0.3, -0.25) is 4.79 Å². The van der Waals surface area contributed by atoms with Gasteiger partial charge in [0.05, 0.1) is 12.1 Å². The van der Waals surface area contributed by atoms with Crippen LogP contribution in [0.3, 0.4) is 0 Å². The molecule has 0 saturated heterocycles. The molecule has 0 saturated carbocycles. The zero-order valence-electron chi connectivity index (χ0n) is 11.6. The van der Waals surface area contributed by atoms with Gasteiger partial charge in [-0.15, -0.1) is 0 Å². The number of benzene rings is 2. The summed E-state index contributed by atoms with van der Waals surface area (Å²) in [6, 6.07) is 8.65. The highest BCUT2D eigenvalue weighted by atomic mass is 35.5. The molecule has 0 radical (unpaired) electrons. The third kappa shape index (κ3) is 4.23. The number of hydrogen-bond acceptors (Lipinski definition) is 2.